The third-order valence-corrected chi connectivity index (χ3v) is 5.78. The van der Waals surface area contributed by atoms with Gasteiger partial charge in [-0.2, -0.15) is 0 Å². The van der Waals surface area contributed by atoms with Gasteiger partial charge in [0.2, 0.25) is 0 Å². The number of nitrogens with one attached hydrogen (secondary N) is 1. The van der Waals surface area contributed by atoms with Crippen LogP contribution < -0.4 is 15.0 Å². The second kappa shape index (κ2) is 7.96. The zero-order valence-corrected chi connectivity index (χ0v) is 17.4. The van der Waals surface area contributed by atoms with Crippen molar-refractivity contribution in [1.82, 2.24) is 0 Å². The van der Waals surface area contributed by atoms with E-state index in [4.69, 9.17) is 4.74 Å². The minimum absolute atomic E-state index is 0.154. The average molecular weight is 428 g/mol. The van der Waals surface area contributed by atoms with Crippen molar-refractivity contribution >= 4 is 28.8 Å². The third kappa shape index (κ3) is 3.54. The fourth-order valence-corrected chi connectivity index (χ4v) is 4.23. The highest BCUT2D eigenvalue weighted by atomic mass is 19.1. The van der Waals surface area contributed by atoms with E-state index in [1.54, 1.807) is 47.4 Å². The van der Waals surface area contributed by atoms with Crippen LogP contribution in [0.5, 0.6) is 5.75 Å². The van der Waals surface area contributed by atoms with Gasteiger partial charge in [0.05, 0.1) is 18.8 Å². The summed E-state index contributed by atoms with van der Waals surface area (Å²) in [5.74, 6) is -0.190. The molecule has 5 nitrogen and oxygen atoms in total. The van der Waals surface area contributed by atoms with Crippen molar-refractivity contribution < 1.29 is 18.7 Å². The van der Waals surface area contributed by atoms with E-state index < -0.39 is 0 Å². The van der Waals surface area contributed by atoms with Crippen molar-refractivity contribution in [2.45, 2.75) is 19.4 Å². The fraction of sp³-hybridized carbons (Fsp3) is 0.154. The van der Waals surface area contributed by atoms with Gasteiger partial charge >= 0.3 is 0 Å². The van der Waals surface area contributed by atoms with Crippen LogP contribution in [-0.2, 0) is 17.8 Å². The van der Waals surface area contributed by atoms with E-state index >= 15 is 0 Å². The van der Waals surface area contributed by atoms with Crippen molar-refractivity contribution in [2.24, 2.45) is 0 Å². The second-order valence-electron chi connectivity index (χ2n) is 7.93. The van der Waals surface area contributed by atoms with Crippen LogP contribution in [0.1, 0.15) is 33.5 Å². The molecule has 0 bridgehead atoms. The third-order valence-electron chi connectivity index (χ3n) is 5.78. The SMILES string of the molecule is C=C1C(=O)N(Cc2cc(F)cc3c2OCCC3)c2cc(NC(=O)c3ccccc3)ccc21. The van der Waals surface area contributed by atoms with E-state index in [0.717, 1.165) is 18.4 Å². The van der Waals surface area contributed by atoms with Crippen molar-refractivity contribution in [2.75, 3.05) is 16.8 Å². The number of hydrogen-bond acceptors (Lipinski definition) is 3. The number of rotatable bonds is 4. The number of carbonyl (C=O) groups is 2. The molecule has 0 atom stereocenters. The Bertz CT molecular complexity index is 1250. The first kappa shape index (κ1) is 20.0. The number of benzene rings is 3. The molecule has 0 saturated carbocycles. The lowest BCUT2D eigenvalue weighted by atomic mass is 10.0. The van der Waals surface area contributed by atoms with Crippen molar-refractivity contribution in [3.63, 3.8) is 0 Å². The Hall–Kier alpha value is -3.93. The van der Waals surface area contributed by atoms with Crippen LogP contribution in [0.15, 0.2) is 67.2 Å². The van der Waals surface area contributed by atoms with Gasteiger partial charge < -0.3 is 15.0 Å². The highest BCUT2D eigenvalue weighted by molar-refractivity contribution is 6.32. The second-order valence-corrected chi connectivity index (χ2v) is 7.93. The van der Waals surface area contributed by atoms with Gasteiger partial charge in [-0.25, -0.2) is 4.39 Å². The quantitative estimate of drug-likeness (QED) is 0.598. The lowest BCUT2D eigenvalue weighted by molar-refractivity contribution is -0.113. The summed E-state index contributed by atoms with van der Waals surface area (Å²) in [6.45, 7) is 4.65. The summed E-state index contributed by atoms with van der Waals surface area (Å²) in [5.41, 5.74) is 4.22. The summed E-state index contributed by atoms with van der Waals surface area (Å²) >= 11 is 0. The van der Waals surface area contributed by atoms with Gasteiger partial charge in [-0.3, -0.25) is 9.59 Å². The molecule has 0 unspecified atom stereocenters. The van der Waals surface area contributed by atoms with Crippen LogP contribution in [-0.4, -0.2) is 18.4 Å². The molecule has 2 heterocycles. The average Bonchev–Trinajstić information content (AvgIpc) is 3.04. The number of carbonyl (C=O) groups excluding carboxylic acids is 2. The summed E-state index contributed by atoms with van der Waals surface area (Å²) in [5, 5.41) is 2.87. The molecular formula is C26H21FN2O3. The molecule has 2 aliphatic rings. The first-order valence-corrected chi connectivity index (χ1v) is 10.5. The predicted octanol–water partition coefficient (Wildman–Crippen LogP) is 4.96. The number of halogens is 1. The molecule has 3 aromatic rings. The van der Waals surface area contributed by atoms with Crippen LogP contribution in [0.3, 0.4) is 0 Å². The lowest BCUT2D eigenvalue weighted by Crippen LogP contribution is -2.26. The molecular weight excluding hydrogens is 407 g/mol. The number of amides is 2. The number of aryl methyl sites for hydroxylation is 1. The molecule has 5 rings (SSSR count). The van der Waals surface area contributed by atoms with E-state index in [2.05, 4.69) is 11.9 Å². The lowest BCUT2D eigenvalue weighted by Gasteiger charge is -2.24. The number of nitrogens with zero attached hydrogens (tertiary/aromatic N) is 1. The van der Waals surface area contributed by atoms with Crippen LogP contribution in [0.4, 0.5) is 15.8 Å². The monoisotopic (exact) mass is 428 g/mol. The molecule has 1 N–H and O–H groups in total. The van der Waals surface area contributed by atoms with Crippen LogP contribution >= 0.6 is 0 Å². The zero-order valence-electron chi connectivity index (χ0n) is 17.4. The molecule has 0 fully saturated rings. The van der Waals surface area contributed by atoms with E-state index in [9.17, 15) is 14.0 Å². The van der Waals surface area contributed by atoms with Gasteiger partial charge in [-0.1, -0.05) is 30.8 Å². The molecule has 0 aliphatic carbocycles. The normalized spacial score (nSPS) is 14.6. The smallest absolute Gasteiger partial charge is 0.258 e. The first-order chi connectivity index (χ1) is 15.5. The van der Waals surface area contributed by atoms with Gasteiger partial charge in [-0.15, -0.1) is 0 Å². The van der Waals surface area contributed by atoms with E-state index in [1.807, 2.05) is 6.07 Å². The summed E-state index contributed by atoms with van der Waals surface area (Å²) in [6, 6.07) is 17.1. The Labute approximate surface area is 185 Å². The molecule has 160 valence electrons. The van der Waals surface area contributed by atoms with E-state index in [-0.39, 0.29) is 24.2 Å². The Morgan fingerprint density at radius 3 is 2.75 bits per heavy atom. The van der Waals surface area contributed by atoms with Gasteiger partial charge in [0.15, 0.2) is 0 Å². The highest BCUT2D eigenvalue weighted by Crippen LogP contribution is 2.40. The Morgan fingerprint density at radius 1 is 1.12 bits per heavy atom. The largest absolute Gasteiger partial charge is 0.493 e. The Kier molecular flexibility index (Phi) is 4.98. The molecule has 2 amide bonds. The molecule has 0 aromatic heterocycles. The molecule has 32 heavy (non-hydrogen) atoms. The van der Waals surface area contributed by atoms with Crippen LogP contribution in [0.2, 0.25) is 0 Å². The fourth-order valence-electron chi connectivity index (χ4n) is 4.23. The summed E-state index contributed by atoms with van der Waals surface area (Å²) in [7, 11) is 0. The van der Waals surface area contributed by atoms with Gasteiger partial charge in [0.25, 0.3) is 11.8 Å². The minimum Gasteiger partial charge on any atom is -0.493 e. The standard InChI is InChI=1S/C26H21FN2O3/c1-16-22-10-9-21(28-25(30)17-6-3-2-4-7-17)14-23(22)29(26(16)31)15-19-13-20(27)12-18-8-5-11-32-24(18)19/h2-4,6-7,9-10,12-14H,1,5,8,11,15H2,(H,28,30). The zero-order chi connectivity index (χ0) is 22.2. The Morgan fingerprint density at radius 2 is 1.94 bits per heavy atom. The van der Waals surface area contributed by atoms with Crippen LogP contribution in [0, 0.1) is 5.82 Å². The van der Waals surface area contributed by atoms with E-state index in [1.165, 1.54) is 12.1 Å². The molecule has 3 aromatic carbocycles. The maximum absolute atomic E-state index is 14.2. The molecule has 0 radical (unpaired) electrons. The predicted molar refractivity (Wildman–Crippen MR) is 121 cm³/mol. The summed E-state index contributed by atoms with van der Waals surface area (Å²) in [4.78, 5) is 27.1. The van der Waals surface area contributed by atoms with Crippen LogP contribution in [0.25, 0.3) is 5.57 Å². The molecule has 6 heteroatoms. The van der Waals surface area contributed by atoms with Gasteiger partial charge in [0, 0.05) is 28.0 Å². The molecule has 0 spiro atoms. The highest BCUT2D eigenvalue weighted by Gasteiger charge is 2.32. The van der Waals surface area contributed by atoms with Crippen molar-refractivity contribution in [3.8, 4) is 5.75 Å². The number of ether oxygens (including phenoxy) is 1. The maximum Gasteiger partial charge on any atom is 0.258 e. The maximum atomic E-state index is 14.2. The molecule has 2 aliphatic heterocycles. The molecule has 0 saturated heterocycles. The van der Waals surface area contributed by atoms with Crippen molar-refractivity contribution in [3.05, 3.63) is 95.3 Å². The summed E-state index contributed by atoms with van der Waals surface area (Å²) in [6.07, 6.45) is 1.58. The van der Waals surface area contributed by atoms with E-state index in [0.29, 0.717) is 46.0 Å². The number of anilines is 2. The number of hydrogen-bond donors (Lipinski definition) is 1. The topological polar surface area (TPSA) is 58.6 Å². The van der Waals surface area contributed by atoms with Gasteiger partial charge in [0.1, 0.15) is 11.6 Å². The van der Waals surface area contributed by atoms with Crippen molar-refractivity contribution in [1.29, 1.82) is 0 Å². The minimum atomic E-state index is -0.348. The number of fused-ring (bicyclic) bond motifs is 2. The first-order valence-electron chi connectivity index (χ1n) is 10.5. The van der Waals surface area contributed by atoms with Gasteiger partial charge in [-0.05, 0) is 54.8 Å². The summed E-state index contributed by atoms with van der Waals surface area (Å²) < 4.78 is 20.1. The Balaban J connectivity index is 1.47.